The molecule has 2 N–H and O–H groups in total. The summed E-state index contributed by atoms with van der Waals surface area (Å²) in [5, 5.41) is 5.75. The van der Waals surface area contributed by atoms with Gasteiger partial charge in [0.15, 0.2) is 0 Å². The van der Waals surface area contributed by atoms with Gasteiger partial charge in [-0.1, -0.05) is 74.5 Å². The van der Waals surface area contributed by atoms with Crippen molar-refractivity contribution in [2.24, 2.45) is 11.8 Å². The number of hydrogen-bond donors (Lipinski definition) is 2. The molecule has 0 aliphatic carbocycles. The number of para-hydroxylation sites is 1. The number of halogens is 1. The number of rotatable bonds is 14. The summed E-state index contributed by atoms with van der Waals surface area (Å²) >= 11 is 3.40. The van der Waals surface area contributed by atoms with E-state index in [1.54, 1.807) is 43.4 Å². The first-order valence-corrected chi connectivity index (χ1v) is 13.7. The second-order valence-electron chi connectivity index (χ2n) is 10.1. The van der Waals surface area contributed by atoms with Gasteiger partial charge in [0, 0.05) is 48.6 Å². The standard InChI is InChI=1S/C30H40BrN3O5/c1-8-26(35)33-27(20(4)5)30(37)34(17-19(2)3)18-25(38-6)28(39-7)23-14-9-10-15-24(23)32-29(36)21-12-11-13-22(31)16-21/h8-16,19-20,25,27-28H,1,17-18H2,2-7H3,(H,32,36)(H,33,35)/t25-,27+,28-/m1/s1. The highest BCUT2D eigenvalue weighted by Gasteiger charge is 2.33. The molecule has 0 radical (unpaired) electrons. The average molecular weight is 603 g/mol. The monoisotopic (exact) mass is 601 g/mol. The van der Waals surface area contributed by atoms with E-state index in [4.69, 9.17) is 9.47 Å². The van der Waals surface area contributed by atoms with Crippen LogP contribution in [0.25, 0.3) is 0 Å². The summed E-state index contributed by atoms with van der Waals surface area (Å²) in [5.74, 6) is -0.833. The van der Waals surface area contributed by atoms with Crippen LogP contribution in [-0.4, -0.2) is 62.1 Å². The van der Waals surface area contributed by atoms with Crippen molar-refractivity contribution in [3.8, 4) is 0 Å². The van der Waals surface area contributed by atoms with E-state index in [2.05, 4.69) is 33.1 Å². The summed E-state index contributed by atoms with van der Waals surface area (Å²) in [6.07, 6.45) is -0.00504. The molecule has 0 heterocycles. The third-order valence-electron chi connectivity index (χ3n) is 6.21. The number of benzene rings is 2. The van der Waals surface area contributed by atoms with Gasteiger partial charge in [0.25, 0.3) is 5.91 Å². The molecule has 0 aromatic heterocycles. The quantitative estimate of drug-likeness (QED) is 0.290. The summed E-state index contributed by atoms with van der Waals surface area (Å²) in [4.78, 5) is 40.5. The third-order valence-corrected chi connectivity index (χ3v) is 6.70. The van der Waals surface area contributed by atoms with Gasteiger partial charge in [-0.3, -0.25) is 14.4 Å². The average Bonchev–Trinajstić information content (AvgIpc) is 2.90. The highest BCUT2D eigenvalue weighted by molar-refractivity contribution is 9.10. The Morgan fingerprint density at radius 1 is 1.00 bits per heavy atom. The Morgan fingerprint density at radius 2 is 1.69 bits per heavy atom. The predicted molar refractivity (Wildman–Crippen MR) is 157 cm³/mol. The maximum Gasteiger partial charge on any atom is 0.255 e. The van der Waals surface area contributed by atoms with E-state index in [1.807, 2.05) is 52.0 Å². The van der Waals surface area contributed by atoms with Crippen molar-refractivity contribution in [1.29, 1.82) is 0 Å². The second kappa shape index (κ2) is 15.5. The van der Waals surface area contributed by atoms with E-state index in [-0.39, 0.29) is 30.2 Å². The Balaban J connectivity index is 2.37. The minimum atomic E-state index is -0.718. The molecule has 0 aliphatic heterocycles. The van der Waals surface area contributed by atoms with Crippen LogP contribution < -0.4 is 10.6 Å². The second-order valence-corrected chi connectivity index (χ2v) is 11.0. The number of anilines is 1. The zero-order chi connectivity index (χ0) is 29.1. The van der Waals surface area contributed by atoms with E-state index >= 15 is 0 Å². The molecule has 0 bridgehead atoms. The van der Waals surface area contributed by atoms with Crippen LogP contribution in [0.4, 0.5) is 5.69 Å². The Bertz CT molecular complexity index is 1140. The van der Waals surface area contributed by atoms with Crippen LogP contribution in [-0.2, 0) is 19.1 Å². The molecular formula is C30H40BrN3O5. The van der Waals surface area contributed by atoms with Gasteiger partial charge in [-0.05, 0) is 42.2 Å². The fourth-order valence-corrected chi connectivity index (χ4v) is 4.69. The highest BCUT2D eigenvalue weighted by atomic mass is 79.9. The van der Waals surface area contributed by atoms with E-state index in [0.29, 0.717) is 23.4 Å². The van der Waals surface area contributed by atoms with Gasteiger partial charge in [-0.15, -0.1) is 0 Å². The smallest absolute Gasteiger partial charge is 0.255 e. The zero-order valence-corrected chi connectivity index (χ0v) is 25.2. The molecule has 0 unspecified atom stereocenters. The van der Waals surface area contributed by atoms with Gasteiger partial charge in [0.2, 0.25) is 11.8 Å². The molecule has 39 heavy (non-hydrogen) atoms. The fourth-order valence-electron chi connectivity index (χ4n) is 4.29. The molecule has 2 aromatic rings. The van der Waals surface area contributed by atoms with Crippen molar-refractivity contribution in [3.05, 3.63) is 76.8 Å². The number of ether oxygens (including phenoxy) is 2. The minimum absolute atomic E-state index is 0.135. The van der Waals surface area contributed by atoms with E-state index in [9.17, 15) is 14.4 Å². The summed E-state index contributed by atoms with van der Waals surface area (Å²) in [6.45, 7) is 12.0. The number of nitrogens with zero attached hydrogens (tertiary/aromatic N) is 1. The van der Waals surface area contributed by atoms with Gasteiger partial charge in [0.1, 0.15) is 18.2 Å². The molecule has 212 valence electrons. The van der Waals surface area contributed by atoms with Gasteiger partial charge in [-0.25, -0.2) is 0 Å². The van der Waals surface area contributed by atoms with Gasteiger partial charge < -0.3 is 25.0 Å². The molecule has 3 amide bonds. The lowest BCUT2D eigenvalue weighted by atomic mass is 9.98. The summed E-state index contributed by atoms with van der Waals surface area (Å²) in [5.41, 5.74) is 1.80. The van der Waals surface area contributed by atoms with Crippen LogP contribution in [0.15, 0.2) is 65.7 Å². The molecule has 3 atom stereocenters. The van der Waals surface area contributed by atoms with E-state index in [0.717, 1.165) is 10.5 Å². The Labute approximate surface area is 240 Å². The van der Waals surface area contributed by atoms with Crippen LogP contribution in [0.3, 0.4) is 0 Å². The molecule has 0 spiro atoms. The lowest BCUT2D eigenvalue weighted by molar-refractivity contribution is -0.141. The minimum Gasteiger partial charge on any atom is -0.377 e. The molecule has 9 heteroatoms. The van der Waals surface area contributed by atoms with Crippen molar-refractivity contribution in [2.45, 2.75) is 45.9 Å². The Morgan fingerprint density at radius 3 is 2.26 bits per heavy atom. The first-order chi connectivity index (χ1) is 18.5. The Hall–Kier alpha value is -3.01. The zero-order valence-electron chi connectivity index (χ0n) is 23.6. The number of carbonyl (C=O) groups excluding carboxylic acids is 3. The van der Waals surface area contributed by atoms with Crippen molar-refractivity contribution in [3.63, 3.8) is 0 Å². The number of methoxy groups -OCH3 is 2. The van der Waals surface area contributed by atoms with Crippen molar-refractivity contribution < 1.29 is 23.9 Å². The molecule has 0 saturated carbocycles. The van der Waals surface area contributed by atoms with Crippen LogP contribution in [0.5, 0.6) is 0 Å². The lowest BCUT2D eigenvalue weighted by Crippen LogP contribution is -2.54. The molecular weight excluding hydrogens is 562 g/mol. The van der Waals surface area contributed by atoms with Crippen molar-refractivity contribution in [2.75, 3.05) is 32.6 Å². The van der Waals surface area contributed by atoms with E-state index < -0.39 is 24.2 Å². The molecule has 8 nitrogen and oxygen atoms in total. The van der Waals surface area contributed by atoms with Crippen LogP contribution in [0, 0.1) is 11.8 Å². The maximum absolute atomic E-state index is 13.7. The molecule has 2 aromatic carbocycles. The predicted octanol–water partition coefficient (Wildman–Crippen LogP) is 5.22. The number of amides is 3. The third kappa shape index (κ3) is 9.30. The summed E-state index contributed by atoms with van der Waals surface area (Å²) in [7, 11) is 3.14. The largest absolute Gasteiger partial charge is 0.377 e. The maximum atomic E-state index is 13.7. The highest BCUT2D eigenvalue weighted by Crippen LogP contribution is 2.31. The van der Waals surface area contributed by atoms with Crippen molar-refractivity contribution in [1.82, 2.24) is 10.2 Å². The number of carbonyl (C=O) groups is 3. The van der Waals surface area contributed by atoms with Gasteiger partial charge in [-0.2, -0.15) is 0 Å². The fraction of sp³-hybridized carbons (Fsp3) is 0.433. The normalized spacial score (nSPS) is 13.5. The molecule has 2 rings (SSSR count). The Kier molecular flexibility index (Phi) is 12.8. The summed E-state index contributed by atoms with van der Waals surface area (Å²) in [6, 6.07) is 13.8. The summed E-state index contributed by atoms with van der Waals surface area (Å²) < 4.78 is 12.6. The lowest BCUT2D eigenvalue weighted by Gasteiger charge is -2.35. The van der Waals surface area contributed by atoms with Crippen molar-refractivity contribution >= 4 is 39.3 Å². The molecule has 0 saturated heterocycles. The number of nitrogens with one attached hydrogen (secondary N) is 2. The van der Waals surface area contributed by atoms with Gasteiger partial charge in [0.05, 0.1) is 0 Å². The number of hydrogen-bond acceptors (Lipinski definition) is 5. The first kappa shape index (κ1) is 32.2. The van der Waals surface area contributed by atoms with Crippen LogP contribution in [0.2, 0.25) is 0 Å². The van der Waals surface area contributed by atoms with Crippen LogP contribution in [0.1, 0.15) is 49.7 Å². The molecule has 0 aliphatic rings. The first-order valence-electron chi connectivity index (χ1n) is 12.9. The topological polar surface area (TPSA) is 97.0 Å². The SMILES string of the molecule is C=CC(=O)N[C@H](C(=O)N(CC(C)C)C[C@@H](OC)[C@H](OC)c1ccccc1NC(=O)c1cccc(Br)c1)C(C)C. The van der Waals surface area contributed by atoms with E-state index in [1.165, 1.54) is 0 Å². The van der Waals surface area contributed by atoms with Crippen LogP contribution >= 0.6 is 15.9 Å². The van der Waals surface area contributed by atoms with Gasteiger partial charge >= 0.3 is 0 Å². The molecule has 0 fully saturated rings.